The molecule has 0 fully saturated rings. The molecular formula is C7H9FN2O3. The van der Waals surface area contributed by atoms with E-state index in [0.29, 0.717) is 4.57 Å². The largest absolute Gasteiger partial charge is 0.390 e. The number of aromatic nitrogens is 2. The Morgan fingerprint density at radius 2 is 1.85 bits per heavy atom. The smallest absolute Gasteiger partial charge is 0.330 e. The Morgan fingerprint density at radius 1 is 1.31 bits per heavy atom. The maximum Gasteiger partial charge on any atom is 0.330 e. The Balaban J connectivity index is 3.78. The SMILES string of the molecule is Cn1c(CO)c(F)c(=O)n(C)c1=O. The first kappa shape index (κ1) is 9.66. The molecule has 13 heavy (non-hydrogen) atoms. The van der Waals surface area contributed by atoms with Gasteiger partial charge < -0.3 is 5.11 Å². The van der Waals surface area contributed by atoms with E-state index >= 15 is 0 Å². The minimum Gasteiger partial charge on any atom is -0.390 e. The van der Waals surface area contributed by atoms with Crippen molar-refractivity contribution in [2.24, 2.45) is 14.1 Å². The second-order valence-electron chi connectivity index (χ2n) is 2.62. The van der Waals surface area contributed by atoms with Crippen LogP contribution < -0.4 is 11.2 Å². The number of rotatable bonds is 1. The third-order valence-corrected chi connectivity index (χ3v) is 1.87. The molecule has 1 rings (SSSR count). The zero-order valence-corrected chi connectivity index (χ0v) is 7.24. The average molecular weight is 188 g/mol. The zero-order chi connectivity index (χ0) is 10.2. The van der Waals surface area contributed by atoms with Crippen LogP contribution in [0.2, 0.25) is 0 Å². The van der Waals surface area contributed by atoms with Gasteiger partial charge in [-0.05, 0) is 0 Å². The summed E-state index contributed by atoms with van der Waals surface area (Å²) in [6.45, 7) is -0.673. The van der Waals surface area contributed by atoms with Crippen molar-refractivity contribution in [3.8, 4) is 0 Å². The molecule has 0 aliphatic carbocycles. The number of nitrogens with zero attached hydrogens (tertiary/aromatic N) is 2. The van der Waals surface area contributed by atoms with Crippen molar-refractivity contribution in [3.63, 3.8) is 0 Å². The highest BCUT2D eigenvalue weighted by atomic mass is 19.1. The molecule has 0 unspecified atom stereocenters. The van der Waals surface area contributed by atoms with E-state index in [-0.39, 0.29) is 5.69 Å². The molecule has 0 spiro atoms. The lowest BCUT2D eigenvalue weighted by Gasteiger charge is -2.07. The van der Waals surface area contributed by atoms with Gasteiger partial charge in [-0.25, -0.2) is 4.79 Å². The van der Waals surface area contributed by atoms with Crippen LogP contribution in [0.3, 0.4) is 0 Å². The summed E-state index contributed by atoms with van der Waals surface area (Å²) in [7, 11) is 2.46. The molecule has 0 aliphatic rings. The minimum atomic E-state index is -1.09. The van der Waals surface area contributed by atoms with Gasteiger partial charge in [-0.3, -0.25) is 13.9 Å². The first-order valence-corrected chi connectivity index (χ1v) is 3.56. The highest BCUT2D eigenvalue weighted by molar-refractivity contribution is 5.03. The molecule has 0 aromatic carbocycles. The van der Waals surface area contributed by atoms with Crippen LogP contribution in [0.4, 0.5) is 4.39 Å². The van der Waals surface area contributed by atoms with Gasteiger partial charge in [0.25, 0.3) is 5.56 Å². The van der Waals surface area contributed by atoms with E-state index in [1.807, 2.05) is 0 Å². The highest BCUT2D eigenvalue weighted by Crippen LogP contribution is 1.96. The van der Waals surface area contributed by atoms with Gasteiger partial charge in [0.05, 0.1) is 12.3 Å². The van der Waals surface area contributed by atoms with Gasteiger partial charge in [0.1, 0.15) is 0 Å². The third kappa shape index (κ3) is 1.29. The third-order valence-electron chi connectivity index (χ3n) is 1.87. The van der Waals surface area contributed by atoms with Gasteiger partial charge in [0, 0.05) is 14.1 Å². The van der Waals surface area contributed by atoms with E-state index in [2.05, 4.69) is 0 Å². The molecule has 0 radical (unpaired) electrons. The van der Waals surface area contributed by atoms with Gasteiger partial charge >= 0.3 is 5.69 Å². The number of hydrogen-bond donors (Lipinski definition) is 1. The molecule has 1 aromatic rings. The van der Waals surface area contributed by atoms with E-state index in [4.69, 9.17) is 5.11 Å². The molecule has 0 aliphatic heterocycles. The zero-order valence-electron chi connectivity index (χ0n) is 7.24. The van der Waals surface area contributed by atoms with Gasteiger partial charge in [-0.1, -0.05) is 0 Å². The number of aliphatic hydroxyl groups excluding tert-OH is 1. The van der Waals surface area contributed by atoms with Gasteiger partial charge in [-0.15, -0.1) is 0 Å². The summed E-state index contributed by atoms with van der Waals surface area (Å²) in [4.78, 5) is 22.2. The monoisotopic (exact) mass is 188 g/mol. The molecule has 5 nitrogen and oxygen atoms in total. The number of halogens is 1. The summed E-state index contributed by atoms with van der Waals surface area (Å²) in [5.41, 5.74) is -1.98. The van der Waals surface area contributed by atoms with Gasteiger partial charge in [-0.2, -0.15) is 4.39 Å². The summed E-state index contributed by atoms with van der Waals surface area (Å²) in [5, 5.41) is 8.69. The molecule has 0 bridgehead atoms. The van der Waals surface area contributed by atoms with E-state index in [9.17, 15) is 14.0 Å². The molecule has 0 saturated carbocycles. The summed E-state index contributed by atoms with van der Waals surface area (Å²) >= 11 is 0. The van der Waals surface area contributed by atoms with E-state index in [1.54, 1.807) is 0 Å². The summed E-state index contributed by atoms with van der Waals surface area (Å²) in [6, 6.07) is 0. The average Bonchev–Trinajstić information content (AvgIpc) is 2.13. The molecule has 0 saturated heterocycles. The van der Waals surface area contributed by atoms with Crippen molar-refractivity contribution in [1.29, 1.82) is 0 Å². The lowest BCUT2D eigenvalue weighted by Crippen LogP contribution is -2.40. The lowest BCUT2D eigenvalue weighted by atomic mass is 10.4. The van der Waals surface area contributed by atoms with Crippen molar-refractivity contribution < 1.29 is 9.50 Å². The van der Waals surface area contributed by atoms with Crippen LogP contribution in [0.25, 0.3) is 0 Å². The summed E-state index contributed by atoms with van der Waals surface area (Å²) in [6.07, 6.45) is 0. The Bertz CT molecular complexity index is 409. The maximum atomic E-state index is 13.1. The van der Waals surface area contributed by atoms with Crippen molar-refractivity contribution in [1.82, 2.24) is 9.13 Å². The van der Waals surface area contributed by atoms with Crippen molar-refractivity contribution in [2.75, 3.05) is 0 Å². The molecule has 6 heteroatoms. The van der Waals surface area contributed by atoms with Crippen molar-refractivity contribution >= 4 is 0 Å². The lowest BCUT2D eigenvalue weighted by molar-refractivity contribution is 0.260. The Hall–Kier alpha value is -1.43. The normalized spacial score (nSPS) is 10.5. The first-order valence-electron chi connectivity index (χ1n) is 3.56. The fourth-order valence-corrected chi connectivity index (χ4v) is 1.02. The summed E-state index contributed by atoms with van der Waals surface area (Å²) in [5.74, 6) is -1.09. The molecule has 1 aromatic heterocycles. The topological polar surface area (TPSA) is 64.2 Å². The minimum absolute atomic E-state index is 0.298. The molecular weight excluding hydrogens is 179 g/mol. The van der Waals surface area contributed by atoms with Crippen LogP contribution in [0.15, 0.2) is 9.59 Å². The molecule has 1 heterocycles. The second-order valence-corrected chi connectivity index (χ2v) is 2.62. The molecule has 1 N–H and O–H groups in total. The van der Waals surface area contributed by atoms with Crippen LogP contribution in [0.5, 0.6) is 0 Å². The van der Waals surface area contributed by atoms with Crippen LogP contribution in [0.1, 0.15) is 5.69 Å². The standard InChI is InChI=1S/C7H9FN2O3/c1-9-4(3-11)5(8)6(12)10(2)7(9)13/h11H,3H2,1-2H3. The highest BCUT2D eigenvalue weighted by Gasteiger charge is 2.13. The Labute approximate surface area is 72.7 Å². The quantitative estimate of drug-likeness (QED) is 0.596. The van der Waals surface area contributed by atoms with Gasteiger partial charge in [0.2, 0.25) is 5.82 Å². The summed E-state index contributed by atoms with van der Waals surface area (Å²) < 4.78 is 14.6. The van der Waals surface area contributed by atoms with Crippen LogP contribution in [-0.2, 0) is 20.7 Å². The van der Waals surface area contributed by atoms with E-state index in [1.165, 1.54) is 14.1 Å². The predicted molar refractivity (Wildman–Crippen MR) is 42.8 cm³/mol. The Kier molecular flexibility index (Phi) is 2.33. The van der Waals surface area contributed by atoms with E-state index < -0.39 is 23.7 Å². The van der Waals surface area contributed by atoms with Crippen LogP contribution >= 0.6 is 0 Å². The molecule has 0 amide bonds. The number of hydrogen-bond acceptors (Lipinski definition) is 3. The molecule has 0 atom stereocenters. The van der Waals surface area contributed by atoms with Crippen LogP contribution in [-0.4, -0.2) is 14.2 Å². The second kappa shape index (κ2) is 3.14. The van der Waals surface area contributed by atoms with E-state index in [0.717, 1.165) is 4.57 Å². The fourth-order valence-electron chi connectivity index (χ4n) is 1.02. The molecule has 72 valence electrons. The maximum absolute atomic E-state index is 13.1. The van der Waals surface area contributed by atoms with Crippen molar-refractivity contribution in [2.45, 2.75) is 6.61 Å². The van der Waals surface area contributed by atoms with Gasteiger partial charge in [0.15, 0.2) is 0 Å². The number of aliphatic hydroxyl groups is 1. The predicted octanol–water partition coefficient (Wildman–Crippen LogP) is -1.28. The fraction of sp³-hybridized carbons (Fsp3) is 0.429. The van der Waals surface area contributed by atoms with Crippen LogP contribution in [0, 0.1) is 5.82 Å². The Morgan fingerprint density at radius 3 is 2.31 bits per heavy atom. The van der Waals surface area contributed by atoms with Crippen molar-refractivity contribution in [3.05, 3.63) is 32.3 Å². The first-order chi connectivity index (χ1) is 6.00.